The Bertz CT molecular complexity index is 1180. The number of benzene rings is 1. The van der Waals surface area contributed by atoms with Gasteiger partial charge >= 0.3 is 5.69 Å². The summed E-state index contributed by atoms with van der Waals surface area (Å²) in [5.74, 6) is 0.816. The van der Waals surface area contributed by atoms with Gasteiger partial charge in [0.25, 0.3) is 5.56 Å². The van der Waals surface area contributed by atoms with E-state index in [0.717, 1.165) is 12.0 Å². The third-order valence-electron chi connectivity index (χ3n) is 5.53. The maximum atomic E-state index is 13.3. The van der Waals surface area contributed by atoms with Gasteiger partial charge < -0.3 is 4.90 Å². The third kappa shape index (κ3) is 3.67. The summed E-state index contributed by atoms with van der Waals surface area (Å²) in [4.78, 5) is 41.2. The van der Waals surface area contributed by atoms with Crippen molar-refractivity contribution in [1.29, 1.82) is 0 Å². The van der Waals surface area contributed by atoms with Crippen molar-refractivity contribution in [3.05, 3.63) is 62.1 Å². The molecule has 0 bridgehead atoms. The van der Waals surface area contributed by atoms with E-state index in [0.29, 0.717) is 40.8 Å². The highest BCUT2D eigenvalue weighted by Crippen LogP contribution is 2.22. The van der Waals surface area contributed by atoms with Crippen LogP contribution in [0.25, 0.3) is 15.9 Å². The number of piperidine rings is 1. The summed E-state index contributed by atoms with van der Waals surface area (Å²) in [5.41, 5.74) is 1.20. The molecule has 6 nitrogen and oxygen atoms in total. The number of nitrogens with zero attached hydrogens (tertiary/aromatic N) is 3. The van der Waals surface area contributed by atoms with Crippen LogP contribution >= 0.6 is 11.3 Å². The van der Waals surface area contributed by atoms with Gasteiger partial charge in [-0.3, -0.25) is 14.2 Å². The number of carbonyl (C=O) groups is 1. The Hall–Kier alpha value is -2.67. The first-order valence-corrected chi connectivity index (χ1v) is 10.8. The van der Waals surface area contributed by atoms with E-state index in [9.17, 15) is 14.4 Å². The van der Waals surface area contributed by atoms with Crippen molar-refractivity contribution in [2.24, 2.45) is 11.8 Å². The average Bonchev–Trinajstić information content (AvgIpc) is 3.14. The Balaban J connectivity index is 1.81. The molecule has 3 aromatic rings. The molecule has 1 fully saturated rings. The molecule has 0 radical (unpaired) electrons. The van der Waals surface area contributed by atoms with Crippen LogP contribution in [0.15, 0.2) is 45.3 Å². The fourth-order valence-corrected chi connectivity index (χ4v) is 5.16. The van der Waals surface area contributed by atoms with Crippen molar-refractivity contribution in [2.45, 2.75) is 33.7 Å². The molecule has 1 aliphatic rings. The molecular weight excluding hydrogens is 386 g/mol. The van der Waals surface area contributed by atoms with E-state index in [2.05, 4.69) is 13.8 Å². The van der Waals surface area contributed by atoms with Gasteiger partial charge in [-0.05, 0) is 54.3 Å². The first-order chi connectivity index (χ1) is 13.8. The summed E-state index contributed by atoms with van der Waals surface area (Å²) in [7, 11) is 0. The number of hydrogen-bond acceptors (Lipinski definition) is 4. The molecule has 2 unspecified atom stereocenters. The largest absolute Gasteiger partial charge is 0.341 e. The fourth-order valence-electron chi connectivity index (χ4n) is 4.34. The van der Waals surface area contributed by atoms with Gasteiger partial charge in [0.15, 0.2) is 0 Å². The van der Waals surface area contributed by atoms with Crippen LogP contribution in [0.4, 0.5) is 0 Å². The van der Waals surface area contributed by atoms with Crippen LogP contribution in [-0.4, -0.2) is 33.0 Å². The molecule has 1 amide bonds. The first-order valence-electron chi connectivity index (χ1n) is 9.93. The highest BCUT2D eigenvalue weighted by molar-refractivity contribution is 7.17. The smallest absolute Gasteiger partial charge is 0.336 e. The van der Waals surface area contributed by atoms with E-state index < -0.39 is 5.69 Å². The molecule has 3 heterocycles. The molecule has 29 heavy (non-hydrogen) atoms. The standard InChI is InChI=1S/C22H25N3O3S/c1-14-5-4-6-17(10-14)25-21(27)20-18(7-8-29-20)24(22(25)28)13-19(26)23-11-15(2)9-16(3)12-23/h4-8,10,15-16H,9,11-13H2,1-3H3. The van der Waals surface area contributed by atoms with Crippen LogP contribution < -0.4 is 11.2 Å². The molecule has 2 atom stereocenters. The Morgan fingerprint density at radius 2 is 1.86 bits per heavy atom. The van der Waals surface area contributed by atoms with E-state index >= 15 is 0 Å². The molecule has 1 aliphatic heterocycles. The highest BCUT2D eigenvalue weighted by Gasteiger charge is 2.26. The van der Waals surface area contributed by atoms with Gasteiger partial charge in [-0.25, -0.2) is 9.36 Å². The fraction of sp³-hybridized carbons (Fsp3) is 0.409. The van der Waals surface area contributed by atoms with Gasteiger partial charge in [0.1, 0.15) is 11.2 Å². The summed E-state index contributed by atoms with van der Waals surface area (Å²) < 4.78 is 3.11. The quantitative estimate of drug-likeness (QED) is 0.666. The number of rotatable bonds is 3. The van der Waals surface area contributed by atoms with Gasteiger partial charge in [0, 0.05) is 13.1 Å². The minimum absolute atomic E-state index is 0.0579. The Morgan fingerprint density at radius 3 is 2.55 bits per heavy atom. The zero-order valence-corrected chi connectivity index (χ0v) is 17.7. The lowest BCUT2D eigenvalue weighted by molar-refractivity contribution is -0.134. The van der Waals surface area contributed by atoms with E-state index in [1.165, 1.54) is 20.5 Å². The number of hydrogen-bond donors (Lipinski definition) is 0. The van der Waals surface area contributed by atoms with Crippen molar-refractivity contribution in [2.75, 3.05) is 13.1 Å². The van der Waals surface area contributed by atoms with Gasteiger partial charge in [0.2, 0.25) is 5.91 Å². The van der Waals surface area contributed by atoms with Crippen molar-refractivity contribution in [1.82, 2.24) is 14.0 Å². The summed E-state index contributed by atoms with van der Waals surface area (Å²) >= 11 is 1.30. The van der Waals surface area contributed by atoms with Gasteiger partial charge in [-0.1, -0.05) is 26.0 Å². The zero-order chi connectivity index (χ0) is 20.7. The Kier molecular flexibility index (Phi) is 5.17. The number of aryl methyl sites for hydroxylation is 1. The minimum Gasteiger partial charge on any atom is -0.341 e. The number of fused-ring (bicyclic) bond motifs is 1. The molecule has 7 heteroatoms. The maximum absolute atomic E-state index is 13.3. The molecule has 152 valence electrons. The van der Waals surface area contributed by atoms with E-state index in [-0.39, 0.29) is 18.0 Å². The number of carbonyl (C=O) groups excluding carboxylic acids is 1. The maximum Gasteiger partial charge on any atom is 0.336 e. The summed E-state index contributed by atoms with van der Waals surface area (Å²) in [6.45, 7) is 7.58. The van der Waals surface area contributed by atoms with Crippen molar-refractivity contribution >= 4 is 27.5 Å². The predicted octanol–water partition coefficient (Wildman–Crippen LogP) is 3.03. The lowest BCUT2D eigenvalue weighted by Gasteiger charge is -2.35. The second kappa shape index (κ2) is 7.63. The summed E-state index contributed by atoms with van der Waals surface area (Å²) in [6, 6.07) is 9.04. The van der Waals surface area contributed by atoms with Crippen molar-refractivity contribution in [3.8, 4) is 5.69 Å². The zero-order valence-electron chi connectivity index (χ0n) is 16.9. The molecule has 0 spiro atoms. The molecular formula is C22H25N3O3S. The number of amides is 1. The van der Waals surface area contributed by atoms with Crippen LogP contribution in [-0.2, 0) is 11.3 Å². The Morgan fingerprint density at radius 1 is 1.14 bits per heavy atom. The molecule has 0 saturated carbocycles. The molecule has 1 saturated heterocycles. The lowest BCUT2D eigenvalue weighted by Crippen LogP contribution is -2.46. The van der Waals surface area contributed by atoms with Crippen molar-refractivity contribution in [3.63, 3.8) is 0 Å². The molecule has 1 aromatic carbocycles. The first kappa shape index (κ1) is 19.6. The topological polar surface area (TPSA) is 64.3 Å². The molecule has 0 aliphatic carbocycles. The van der Waals surface area contributed by atoms with Crippen LogP contribution in [0.5, 0.6) is 0 Å². The lowest BCUT2D eigenvalue weighted by atomic mass is 9.92. The van der Waals surface area contributed by atoms with Crippen LogP contribution in [0.3, 0.4) is 0 Å². The summed E-state index contributed by atoms with van der Waals surface area (Å²) in [6.07, 6.45) is 1.11. The van der Waals surface area contributed by atoms with Crippen molar-refractivity contribution < 1.29 is 4.79 Å². The van der Waals surface area contributed by atoms with Gasteiger partial charge in [-0.15, -0.1) is 11.3 Å². The van der Waals surface area contributed by atoms with E-state index in [4.69, 9.17) is 0 Å². The van der Waals surface area contributed by atoms with Gasteiger partial charge in [-0.2, -0.15) is 0 Å². The summed E-state index contributed by atoms with van der Waals surface area (Å²) in [5, 5.41) is 1.79. The van der Waals surface area contributed by atoms with Crippen LogP contribution in [0.2, 0.25) is 0 Å². The predicted molar refractivity (Wildman–Crippen MR) is 116 cm³/mol. The van der Waals surface area contributed by atoms with Gasteiger partial charge in [0.05, 0.1) is 11.2 Å². The monoisotopic (exact) mass is 411 g/mol. The number of thiophene rings is 1. The average molecular weight is 412 g/mol. The highest BCUT2D eigenvalue weighted by atomic mass is 32.1. The van der Waals surface area contributed by atoms with Crippen LogP contribution in [0, 0.1) is 18.8 Å². The third-order valence-corrected chi connectivity index (χ3v) is 6.42. The number of aromatic nitrogens is 2. The number of likely N-dealkylation sites (tertiary alicyclic amines) is 1. The molecule has 4 rings (SSSR count). The van der Waals surface area contributed by atoms with Crippen LogP contribution in [0.1, 0.15) is 25.8 Å². The SMILES string of the molecule is Cc1cccc(-n2c(=O)c3sccc3n(CC(=O)N3CC(C)CC(C)C3)c2=O)c1. The van der Waals surface area contributed by atoms with E-state index in [1.54, 1.807) is 17.5 Å². The van der Waals surface area contributed by atoms with E-state index in [1.807, 2.05) is 30.0 Å². The molecule has 0 N–H and O–H groups in total. The normalized spacial score (nSPS) is 19.6. The second-order valence-corrected chi connectivity index (χ2v) is 9.14. The Labute approximate surface area is 173 Å². The second-order valence-electron chi connectivity index (χ2n) is 8.23. The minimum atomic E-state index is -0.474. The molecule has 2 aromatic heterocycles.